The molecule has 2 amide bonds. The van der Waals surface area contributed by atoms with Gasteiger partial charge in [0.15, 0.2) is 5.13 Å². The third-order valence-corrected chi connectivity index (χ3v) is 14.0. The van der Waals surface area contributed by atoms with Gasteiger partial charge in [0.25, 0.3) is 11.8 Å². The molecular formula is C43H43N5O6S3. The van der Waals surface area contributed by atoms with Crippen LogP contribution in [0.1, 0.15) is 59.5 Å². The van der Waals surface area contributed by atoms with Crippen molar-refractivity contribution < 1.29 is 26.4 Å². The van der Waals surface area contributed by atoms with Crippen molar-refractivity contribution in [1.29, 1.82) is 0 Å². The topological polar surface area (TPSA) is 146 Å². The van der Waals surface area contributed by atoms with E-state index in [0.29, 0.717) is 22.1 Å². The van der Waals surface area contributed by atoms with E-state index in [1.807, 2.05) is 88.4 Å². The predicted molar refractivity (Wildman–Crippen MR) is 225 cm³/mol. The smallest absolute Gasteiger partial charge is 0.257 e. The highest BCUT2D eigenvalue weighted by Crippen LogP contribution is 2.28. The maximum atomic E-state index is 13.5. The van der Waals surface area contributed by atoms with Crippen molar-refractivity contribution in [1.82, 2.24) is 13.6 Å². The zero-order chi connectivity index (χ0) is 40.7. The number of benzene rings is 5. The van der Waals surface area contributed by atoms with Crippen molar-refractivity contribution in [3.05, 3.63) is 161 Å². The largest absolute Gasteiger partial charge is 0.322 e. The first kappa shape index (κ1) is 41.1. The van der Waals surface area contributed by atoms with Gasteiger partial charge >= 0.3 is 0 Å². The minimum absolute atomic E-state index is 0.0940. The molecule has 0 fully saturated rings. The van der Waals surface area contributed by atoms with Crippen molar-refractivity contribution in [2.24, 2.45) is 0 Å². The van der Waals surface area contributed by atoms with Crippen molar-refractivity contribution in [3.63, 3.8) is 0 Å². The Labute approximate surface area is 338 Å². The first-order chi connectivity index (χ1) is 27.2. The van der Waals surface area contributed by atoms with Gasteiger partial charge in [0.05, 0.1) is 15.5 Å². The molecule has 0 unspecified atom stereocenters. The SMILES string of the molecule is CC(C)N(Cc1ccccc1)S(=O)(=O)c1ccc(C(=O)Nc2ccc(-c3csc(NC(=O)c4ccc(S(=O)(=O)N(Cc5ccccc5)C(C)C)cc4)n3)cc2)cc1. The zero-order valence-electron chi connectivity index (χ0n) is 31.9. The number of aromatic nitrogens is 1. The molecule has 0 radical (unpaired) electrons. The van der Waals surface area contributed by atoms with E-state index in [1.54, 1.807) is 29.6 Å². The molecule has 0 atom stereocenters. The van der Waals surface area contributed by atoms with E-state index in [2.05, 4.69) is 15.6 Å². The summed E-state index contributed by atoms with van der Waals surface area (Å²) >= 11 is 1.24. The Morgan fingerprint density at radius 1 is 0.579 bits per heavy atom. The summed E-state index contributed by atoms with van der Waals surface area (Å²) in [7, 11) is -7.64. The number of hydrogen-bond donors (Lipinski definition) is 2. The Bertz CT molecular complexity index is 2530. The fraction of sp³-hybridized carbons (Fsp3) is 0.186. The monoisotopic (exact) mass is 821 g/mol. The average Bonchev–Trinajstić information content (AvgIpc) is 3.68. The molecule has 0 spiro atoms. The highest BCUT2D eigenvalue weighted by Gasteiger charge is 2.29. The van der Waals surface area contributed by atoms with E-state index in [9.17, 15) is 26.4 Å². The number of anilines is 2. The predicted octanol–water partition coefficient (Wildman–Crippen LogP) is 8.51. The van der Waals surface area contributed by atoms with Crippen LogP contribution in [0, 0.1) is 0 Å². The number of nitrogens with one attached hydrogen (secondary N) is 2. The Morgan fingerprint density at radius 2 is 1.00 bits per heavy atom. The first-order valence-electron chi connectivity index (χ1n) is 18.2. The summed E-state index contributed by atoms with van der Waals surface area (Å²) in [6, 6.07) is 37.0. The zero-order valence-corrected chi connectivity index (χ0v) is 34.3. The van der Waals surface area contributed by atoms with Crippen LogP contribution >= 0.6 is 11.3 Å². The van der Waals surface area contributed by atoms with Gasteiger partial charge in [-0.2, -0.15) is 8.61 Å². The number of carbonyl (C=O) groups is 2. The van der Waals surface area contributed by atoms with Crippen LogP contribution in [0.3, 0.4) is 0 Å². The molecule has 0 bridgehead atoms. The van der Waals surface area contributed by atoms with Gasteiger partial charge in [0.1, 0.15) is 0 Å². The molecule has 1 aromatic heterocycles. The van der Waals surface area contributed by atoms with Gasteiger partial charge in [-0.1, -0.05) is 72.8 Å². The second-order valence-corrected chi connectivity index (χ2v) is 18.5. The lowest BCUT2D eigenvalue weighted by Crippen LogP contribution is -2.36. The Morgan fingerprint density at radius 3 is 1.42 bits per heavy atom. The summed E-state index contributed by atoms with van der Waals surface area (Å²) in [6.07, 6.45) is 0. The lowest BCUT2D eigenvalue weighted by atomic mass is 10.1. The van der Waals surface area contributed by atoms with Crippen LogP contribution in [0.4, 0.5) is 10.8 Å². The molecule has 5 aromatic carbocycles. The fourth-order valence-corrected chi connectivity index (χ4v) is 9.97. The summed E-state index contributed by atoms with van der Waals surface area (Å²) in [4.78, 5) is 30.9. The molecule has 14 heteroatoms. The summed E-state index contributed by atoms with van der Waals surface area (Å²) < 4.78 is 57.0. The molecule has 0 aliphatic heterocycles. The standard InChI is InChI=1S/C43H43N5O6S3/c1-30(2)47(27-32-11-7-5-8-12-32)56(51,52)38-23-17-35(18-24-38)41(49)44-37-21-15-34(16-22-37)40-29-55-43(45-40)46-42(50)36-19-25-39(26-20-36)57(53,54)48(31(3)4)28-33-13-9-6-10-14-33/h5-26,29-31H,27-28H2,1-4H3,(H,44,49)(H,45,46,50). The van der Waals surface area contributed by atoms with Crippen LogP contribution in [0.15, 0.2) is 149 Å². The molecule has 1 heterocycles. The highest BCUT2D eigenvalue weighted by atomic mass is 32.2. The van der Waals surface area contributed by atoms with Crippen molar-refractivity contribution in [2.75, 3.05) is 10.6 Å². The van der Waals surface area contributed by atoms with E-state index in [4.69, 9.17) is 0 Å². The minimum Gasteiger partial charge on any atom is -0.322 e. The van der Waals surface area contributed by atoms with Crippen LogP contribution in [0.2, 0.25) is 0 Å². The number of nitrogens with zero attached hydrogens (tertiary/aromatic N) is 3. The van der Waals surface area contributed by atoms with Crippen LogP contribution in [0.25, 0.3) is 11.3 Å². The third-order valence-electron chi connectivity index (χ3n) is 9.12. The van der Waals surface area contributed by atoms with Crippen molar-refractivity contribution in [3.8, 4) is 11.3 Å². The van der Waals surface area contributed by atoms with E-state index < -0.39 is 31.9 Å². The maximum absolute atomic E-state index is 13.5. The first-order valence-corrected chi connectivity index (χ1v) is 22.0. The number of hydrogen-bond acceptors (Lipinski definition) is 8. The molecule has 6 rings (SSSR count). The molecular weight excluding hydrogens is 779 g/mol. The molecule has 2 N–H and O–H groups in total. The van der Waals surface area contributed by atoms with Gasteiger partial charge in [-0.3, -0.25) is 14.9 Å². The normalized spacial score (nSPS) is 12.0. The Balaban J connectivity index is 1.05. The van der Waals surface area contributed by atoms with Crippen LogP contribution in [-0.4, -0.2) is 54.3 Å². The van der Waals surface area contributed by atoms with Crippen LogP contribution in [0.5, 0.6) is 0 Å². The van der Waals surface area contributed by atoms with Gasteiger partial charge in [0.2, 0.25) is 20.0 Å². The minimum atomic E-state index is -3.82. The van der Waals surface area contributed by atoms with Gasteiger partial charge < -0.3 is 5.32 Å². The van der Waals surface area contributed by atoms with Crippen LogP contribution in [-0.2, 0) is 33.1 Å². The molecule has 0 saturated carbocycles. The fourth-order valence-electron chi connectivity index (χ4n) is 6.00. The number of thiazole rings is 1. The number of sulfonamides is 2. The molecule has 0 aliphatic carbocycles. The summed E-state index contributed by atoms with van der Waals surface area (Å²) in [5, 5.41) is 7.78. The summed E-state index contributed by atoms with van der Waals surface area (Å²) in [6.45, 7) is 7.76. The number of rotatable bonds is 15. The van der Waals surface area contributed by atoms with Crippen molar-refractivity contribution in [2.45, 2.75) is 62.7 Å². The maximum Gasteiger partial charge on any atom is 0.257 e. The van der Waals surface area contributed by atoms with Gasteiger partial charge in [-0.25, -0.2) is 21.8 Å². The van der Waals surface area contributed by atoms with Gasteiger partial charge in [-0.15, -0.1) is 11.3 Å². The van der Waals surface area contributed by atoms with Crippen molar-refractivity contribution >= 4 is 54.0 Å². The van der Waals surface area contributed by atoms with Crippen LogP contribution < -0.4 is 10.6 Å². The molecule has 294 valence electrons. The van der Waals surface area contributed by atoms with E-state index in [-0.39, 0.29) is 40.5 Å². The summed E-state index contributed by atoms with van der Waals surface area (Å²) in [5.74, 6) is -0.830. The quantitative estimate of drug-likeness (QED) is 0.106. The lowest BCUT2D eigenvalue weighted by molar-refractivity contribution is 0.101. The van der Waals surface area contributed by atoms with E-state index in [1.165, 1.54) is 68.5 Å². The Kier molecular flexibility index (Phi) is 12.8. The highest BCUT2D eigenvalue weighted by molar-refractivity contribution is 7.89. The van der Waals surface area contributed by atoms with E-state index >= 15 is 0 Å². The Hall–Kier alpha value is -5.51. The van der Waals surface area contributed by atoms with Gasteiger partial charge in [-0.05, 0) is 99.5 Å². The second-order valence-electron chi connectivity index (χ2n) is 13.8. The molecule has 6 aromatic rings. The summed E-state index contributed by atoms with van der Waals surface area (Å²) in [5.41, 5.74) is 4.23. The number of amides is 2. The molecule has 0 saturated heterocycles. The van der Waals surface area contributed by atoms with E-state index in [0.717, 1.165) is 16.7 Å². The molecule has 0 aliphatic rings. The molecule has 11 nitrogen and oxygen atoms in total. The lowest BCUT2D eigenvalue weighted by Gasteiger charge is -2.26. The average molecular weight is 822 g/mol. The third kappa shape index (κ3) is 9.90. The second kappa shape index (κ2) is 17.7. The number of carbonyl (C=O) groups excluding carboxylic acids is 2. The molecule has 57 heavy (non-hydrogen) atoms. The van der Waals surface area contributed by atoms with Gasteiger partial charge in [0, 0.05) is 52.9 Å².